The minimum Gasteiger partial charge on any atom is -0.489 e. The van der Waals surface area contributed by atoms with Crippen molar-refractivity contribution in [3.63, 3.8) is 0 Å². The topological polar surface area (TPSA) is 37.8 Å². The smallest absolute Gasteiger partial charge is 0.410 e. The first-order valence-corrected chi connectivity index (χ1v) is 13.2. The van der Waals surface area contributed by atoms with Gasteiger partial charge in [0, 0.05) is 37.5 Å². The molecule has 0 N–H and O–H groups in total. The highest BCUT2D eigenvalue weighted by molar-refractivity contribution is 7.96. The van der Waals surface area contributed by atoms with Gasteiger partial charge in [-0.25, -0.2) is 8.70 Å². The molecule has 10 heteroatoms. The molecular formula is C28H31F4N3O2S. The standard InChI is InChI=1S/C28H31F4N3O2S/c1-27(2,3)37-26-16-23(36-18-20-7-5-4-6-8-20)15-25(33-26)35-14-13-34(17-24(35)28(30,31)32)38-19-21-9-11-22(29)12-10-21/h4-12,15-16,24H,13-14,17-19H2,1-3H3. The number of ether oxygens (including phenoxy) is 2. The van der Waals surface area contributed by atoms with Crippen molar-refractivity contribution in [2.75, 3.05) is 24.5 Å². The van der Waals surface area contributed by atoms with Crippen LogP contribution in [-0.2, 0) is 12.4 Å². The molecule has 1 aromatic heterocycles. The van der Waals surface area contributed by atoms with Crippen LogP contribution in [0.15, 0.2) is 66.7 Å². The van der Waals surface area contributed by atoms with Crippen LogP contribution in [0.5, 0.6) is 11.6 Å². The Morgan fingerprint density at radius 1 is 0.947 bits per heavy atom. The zero-order chi connectivity index (χ0) is 27.3. The van der Waals surface area contributed by atoms with E-state index in [0.717, 1.165) is 11.1 Å². The van der Waals surface area contributed by atoms with E-state index in [4.69, 9.17) is 9.47 Å². The highest BCUT2D eigenvalue weighted by Gasteiger charge is 2.47. The number of hydrogen-bond acceptors (Lipinski definition) is 6. The van der Waals surface area contributed by atoms with Gasteiger partial charge in [-0.1, -0.05) is 54.4 Å². The number of aromatic nitrogens is 1. The fourth-order valence-corrected chi connectivity index (χ4v) is 4.96. The second kappa shape index (κ2) is 11.8. The largest absolute Gasteiger partial charge is 0.489 e. The maximum Gasteiger partial charge on any atom is 0.410 e. The molecule has 4 rings (SSSR count). The Hall–Kier alpha value is -2.98. The van der Waals surface area contributed by atoms with Crippen molar-refractivity contribution in [1.82, 2.24) is 9.29 Å². The van der Waals surface area contributed by atoms with Gasteiger partial charge in [0.05, 0.1) is 0 Å². The summed E-state index contributed by atoms with van der Waals surface area (Å²) < 4.78 is 69.6. The third kappa shape index (κ3) is 8.01. The van der Waals surface area contributed by atoms with Gasteiger partial charge in [-0.3, -0.25) is 0 Å². The van der Waals surface area contributed by atoms with E-state index in [0.29, 0.717) is 18.0 Å². The van der Waals surface area contributed by atoms with Crippen LogP contribution in [0.2, 0.25) is 0 Å². The summed E-state index contributed by atoms with van der Waals surface area (Å²) in [5.74, 6) is 0.844. The second-order valence-electron chi connectivity index (χ2n) is 10.0. The molecule has 204 valence electrons. The van der Waals surface area contributed by atoms with Gasteiger partial charge in [0.15, 0.2) is 0 Å². The molecular weight excluding hydrogens is 518 g/mol. The predicted octanol–water partition coefficient (Wildman–Crippen LogP) is 6.88. The Balaban J connectivity index is 1.54. The number of rotatable bonds is 8. The van der Waals surface area contributed by atoms with Gasteiger partial charge in [0.2, 0.25) is 5.88 Å². The minimum atomic E-state index is -4.48. The maximum atomic E-state index is 14.3. The van der Waals surface area contributed by atoms with Gasteiger partial charge in [0.1, 0.15) is 35.6 Å². The van der Waals surface area contributed by atoms with Crippen molar-refractivity contribution in [1.29, 1.82) is 0 Å². The number of hydrogen-bond donors (Lipinski definition) is 0. The van der Waals surface area contributed by atoms with Gasteiger partial charge in [-0.05, 0) is 44.0 Å². The summed E-state index contributed by atoms with van der Waals surface area (Å²) in [6, 6.07) is 16.9. The first-order valence-electron chi connectivity index (χ1n) is 12.3. The minimum absolute atomic E-state index is 0.116. The Bertz CT molecular complexity index is 1190. The first kappa shape index (κ1) is 28.0. The van der Waals surface area contributed by atoms with Crippen LogP contribution in [0.25, 0.3) is 0 Å². The maximum absolute atomic E-state index is 14.3. The van der Waals surface area contributed by atoms with E-state index in [2.05, 4.69) is 4.98 Å². The SMILES string of the molecule is CC(C)(C)Oc1cc(OCc2ccccc2)cc(N2CCN(SCc3ccc(F)cc3)CC2C(F)(F)F)n1. The third-order valence-electron chi connectivity index (χ3n) is 5.76. The molecule has 3 aromatic rings. The molecule has 1 aliphatic rings. The van der Waals surface area contributed by atoms with Crippen LogP contribution in [-0.4, -0.2) is 46.7 Å². The average molecular weight is 550 g/mol. The van der Waals surface area contributed by atoms with E-state index in [1.54, 1.807) is 28.6 Å². The number of halogens is 4. The molecule has 0 radical (unpaired) electrons. The fourth-order valence-electron chi connectivity index (χ4n) is 3.98. The highest BCUT2D eigenvalue weighted by Crippen LogP contribution is 2.36. The molecule has 0 saturated carbocycles. The molecule has 1 aliphatic heterocycles. The van der Waals surface area contributed by atoms with E-state index in [1.165, 1.54) is 29.0 Å². The van der Waals surface area contributed by atoms with Crippen LogP contribution >= 0.6 is 11.9 Å². The normalized spacial score (nSPS) is 16.9. The van der Waals surface area contributed by atoms with Crippen molar-refractivity contribution in [2.24, 2.45) is 0 Å². The van der Waals surface area contributed by atoms with Gasteiger partial charge in [-0.15, -0.1) is 0 Å². The molecule has 1 unspecified atom stereocenters. The van der Waals surface area contributed by atoms with Crippen molar-refractivity contribution >= 4 is 17.8 Å². The summed E-state index contributed by atoms with van der Waals surface area (Å²) in [7, 11) is 0. The Kier molecular flexibility index (Phi) is 8.72. The van der Waals surface area contributed by atoms with Crippen LogP contribution in [0.3, 0.4) is 0 Å². The number of piperazine rings is 1. The zero-order valence-corrected chi connectivity index (χ0v) is 22.4. The van der Waals surface area contributed by atoms with Crippen LogP contribution in [0.1, 0.15) is 31.9 Å². The Morgan fingerprint density at radius 2 is 1.66 bits per heavy atom. The van der Waals surface area contributed by atoms with Crippen molar-refractivity contribution in [3.05, 3.63) is 83.7 Å². The lowest BCUT2D eigenvalue weighted by atomic mass is 10.1. The molecule has 2 heterocycles. The summed E-state index contributed by atoms with van der Waals surface area (Å²) in [6.07, 6.45) is -4.48. The van der Waals surface area contributed by atoms with E-state index < -0.39 is 17.8 Å². The highest BCUT2D eigenvalue weighted by atomic mass is 32.2. The number of anilines is 1. The van der Waals surface area contributed by atoms with Crippen LogP contribution < -0.4 is 14.4 Å². The van der Waals surface area contributed by atoms with Gasteiger partial charge < -0.3 is 14.4 Å². The van der Waals surface area contributed by atoms with Crippen molar-refractivity contribution in [2.45, 2.75) is 51.0 Å². The Morgan fingerprint density at radius 3 is 2.32 bits per heavy atom. The zero-order valence-electron chi connectivity index (χ0n) is 21.5. The summed E-state index contributed by atoms with van der Waals surface area (Å²) in [5, 5.41) is 0. The number of nitrogens with zero attached hydrogens (tertiary/aromatic N) is 3. The predicted molar refractivity (Wildman–Crippen MR) is 142 cm³/mol. The molecule has 0 bridgehead atoms. The van der Waals surface area contributed by atoms with Gasteiger partial charge in [-0.2, -0.15) is 18.2 Å². The van der Waals surface area contributed by atoms with Gasteiger partial charge >= 0.3 is 6.18 Å². The summed E-state index contributed by atoms with van der Waals surface area (Å²) >= 11 is 1.31. The lowest BCUT2D eigenvalue weighted by Gasteiger charge is -2.42. The number of benzene rings is 2. The quantitative estimate of drug-likeness (QED) is 0.225. The molecule has 0 spiro atoms. The lowest BCUT2D eigenvalue weighted by Crippen LogP contribution is -2.58. The third-order valence-corrected chi connectivity index (χ3v) is 6.92. The molecule has 38 heavy (non-hydrogen) atoms. The monoisotopic (exact) mass is 549 g/mol. The first-order chi connectivity index (χ1) is 18.0. The summed E-state index contributed by atoms with van der Waals surface area (Å²) in [6.45, 7) is 6.08. The molecule has 0 amide bonds. The number of pyridine rings is 1. The van der Waals surface area contributed by atoms with Gasteiger partial charge in [0.25, 0.3) is 0 Å². The number of alkyl halides is 3. The van der Waals surface area contributed by atoms with Crippen molar-refractivity contribution < 1.29 is 27.0 Å². The molecule has 0 aliphatic carbocycles. The van der Waals surface area contributed by atoms with E-state index in [1.807, 2.05) is 51.1 Å². The molecule has 1 saturated heterocycles. The summed E-state index contributed by atoms with van der Waals surface area (Å²) in [4.78, 5) is 5.73. The van der Waals surface area contributed by atoms with Crippen molar-refractivity contribution in [3.8, 4) is 11.6 Å². The molecule has 5 nitrogen and oxygen atoms in total. The van der Waals surface area contributed by atoms with Crippen LogP contribution in [0, 0.1) is 5.82 Å². The van der Waals surface area contributed by atoms with E-state index in [9.17, 15) is 17.6 Å². The average Bonchev–Trinajstić information content (AvgIpc) is 2.86. The van der Waals surface area contributed by atoms with E-state index >= 15 is 0 Å². The lowest BCUT2D eigenvalue weighted by molar-refractivity contribution is -0.153. The van der Waals surface area contributed by atoms with Crippen LogP contribution in [0.4, 0.5) is 23.4 Å². The molecule has 2 aromatic carbocycles. The van der Waals surface area contributed by atoms with E-state index in [-0.39, 0.29) is 37.2 Å². The fraction of sp³-hybridized carbons (Fsp3) is 0.393. The molecule has 1 fully saturated rings. The Labute approximate surface area is 224 Å². The molecule has 1 atom stereocenters. The summed E-state index contributed by atoms with van der Waals surface area (Å²) in [5.41, 5.74) is 1.18. The second-order valence-corrected chi connectivity index (χ2v) is 11.1.